The van der Waals surface area contributed by atoms with Gasteiger partial charge in [-0.15, -0.1) is 0 Å². The van der Waals surface area contributed by atoms with Gasteiger partial charge in [-0.3, -0.25) is 19.8 Å². The van der Waals surface area contributed by atoms with Crippen molar-refractivity contribution in [3.05, 3.63) is 69.1 Å². The number of nitro benzene ring substituents is 1. The molecule has 2 aromatic rings. The highest BCUT2D eigenvalue weighted by Gasteiger charge is 2.33. The molecule has 0 atom stereocenters. The van der Waals surface area contributed by atoms with Gasteiger partial charge in [-0.05, 0) is 6.07 Å². The molecule has 1 aliphatic rings. The molecule has 0 bridgehead atoms. The van der Waals surface area contributed by atoms with Gasteiger partial charge in [-0.1, -0.05) is 12.1 Å². The summed E-state index contributed by atoms with van der Waals surface area (Å²) in [4.78, 5) is 23.3. The van der Waals surface area contributed by atoms with E-state index in [0.29, 0.717) is 19.8 Å². The number of hydrogen-bond donors (Lipinski definition) is 0. The van der Waals surface area contributed by atoms with Gasteiger partial charge in [0.2, 0.25) is 10.0 Å². The molecular formula is C16H18N4O5S. The second kappa shape index (κ2) is 7.36. The number of rotatable bonds is 5. The highest BCUT2D eigenvalue weighted by atomic mass is 32.2. The van der Waals surface area contributed by atoms with Crippen molar-refractivity contribution in [2.75, 3.05) is 26.2 Å². The monoisotopic (exact) mass is 378 g/mol. The number of pyridine rings is 1. The Morgan fingerprint density at radius 3 is 2.23 bits per heavy atom. The number of para-hydroxylation sites is 1. The normalized spacial score (nSPS) is 16.5. The largest absolute Gasteiger partial charge is 0.341 e. The zero-order valence-corrected chi connectivity index (χ0v) is 14.7. The van der Waals surface area contributed by atoms with Crippen molar-refractivity contribution >= 4 is 15.7 Å². The van der Waals surface area contributed by atoms with Crippen molar-refractivity contribution in [2.45, 2.75) is 11.6 Å². The van der Waals surface area contributed by atoms with Crippen LogP contribution >= 0.6 is 0 Å². The first-order valence-electron chi connectivity index (χ1n) is 8.00. The first kappa shape index (κ1) is 18.2. The molecule has 0 N–H and O–H groups in total. The molecule has 1 aromatic heterocycles. The van der Waals surface area contributed by atoms with Gasteiger partial charge >= 0.3 is 0 Å². The van der Waals surface area contributed by atoms with E-state index in [1.165, 1.54) is 40.7 Å². The Kier molecular flexibility index (Phi) is 5.16. The lowest BCUT2D eigenvalue weighted by Crippen LogP contribution is -2.48. The Bertz CT molecular complexity index is 944. The summed E-state index contributed by atoms with van der Waals surface area (Å²) in [5.74, 6) is 0. The van der Waals surface area contributed by atoms with Crippen LogP contribution in [0, 0.1) is 10.1 Å². The van der Waals surface area contributed by atoms with Gasteiger partial charge in [0.1, 0.15) is 0 Å². The minimum absolute atomic E-state index is 0.0679. The zero-order chi connectivity index (χ0) is 18.7. The van der Waals surface area contributed by atoms with E-state index in [-0.39, 0.29) is 23.4 Å². The molecule has 2 heterocycles. The van der Waals surface area contributed by atoms with Gasteiger partial charge < -0.3 is 4.57 Å². The summed E-state index contributed by atoms with van der Waals surface area (Å²) in [6.45, 7) is 2.01. The van der Waals surface area contributed by atoms with Crippen molar-refractivity contribution in [1.82, 2.24) is 13.8 Å². The average molecular weight is 378 g/mol. The second-order valence-electron chi connectivity index (χ2n) is 5.94. The van der Waals surface area contributed by atoms with Crippen LogP contribution in [-0.4, -0.2) is 53.3 Å². The zero-order valence-electron chi connectivity index (χ0n) is 13.9. The van der Waals surface area contributed by atoms with E-state index in [1.54, 1.807) is 12.4 Å². The Morgan fingerprint density at radius 2 is 1.62 bits per heavy atom. The van der Waals surface area contributed by atoms with Gasteiger partial charge in [0.05, 0.1) is 11.6 Å². The van der Waals surface area contributed by atoms with Gasteiger partial charge in [0.15, 0.2) is 10.3 Å². The lowest BCUT2D eigenvalue weighted by atomic mass is 10.3. The molecule has 0 saturated carbocycles. The fourth-order valence-corrected chi connectivity index (χ4v) is 4.42. The van der Waals surface area contributed by atoms with Crippen LogP contribution in [0.15, 0.2) is 58.5 Å². The number of aromatic nitrogens is 1. The van der Waals surface area contributed by atoms with E-state index in [2.05, 4.69) is 4.90 Å². The number of nitro groups is 1. The minimum atomic E-state index is -3.92. The van der Waals surface area contributed by atoms with E-state index in [0.717, 1.165) is 0 Å². The van der Waals surface area contributed by atoms with Gasteiger partial charge in [0, 0.05) is 56.8 Å². The number of piperazine rings is 1. The summed E-state index contributed by atoms with van der Waals surface area (Å²) >= 11 is 0. The van der Waals surface area contributed by atoms with Gasteiger partial charge in [0.25, 0.3) is 5.69 Å². The summed E-state index contributed by atoms with van der Waals surface area (Å²) in [6.07, 6.45) is 3.36. The molecule has 0 unspecified atom stereocenters. The second-order valence-corrected chi connectivity index (χ2v) is 7.84. The van der Waals surface area contributed by atoms with E-state index >= 15 is 0 Å². The topological polar surface area (TPSA) is 106 Å². The molecule has 0 aliphatic carbocycles. The molecule has 1 saturated heterocycles. The predicted octanol–water partition coefficient (Wildman–Crippen LogP) is 0.720. The molecule has 3 rings (SSSR count). The van der Waals surface area contributed by atoms with Crippen LogP contribution in [0.1, 0.15) is 0 Å². The molecule has 0 radical (unpaired) electrons. The molecule has 9 nitrogen and oxygen atoms in total. The fourth-order valence-electron chi connectivity index (χ4n) is 2.85. The molecular weight excluding hydrogens is 360 g/mol. The molecule has 10 heteroatoms. The SMILES string of the molecule is O=c1ccn(CN2CCN(S(=O)(=O)c3ccccc3[N+](=O)[O-])CC2)cc1. The predicted molar refractivity (Wildman–Crippen MR) is 94.1 cm³/mol. The minimum Gasteiger partial charge on any atom is -0.341 e. The quantitative estimate of drug-likeness (QED) is 0.561. The Labute approximate surface area is 150 Å². The Morgan fingerprint density at radius 1 is 1.00 bits per heavy atom. The third-order valence-corrected chi connectivity index (χ3v) is 6.18. The highest BCUT2D eigenvalue weighted by molar-refractivity contribution is 7.89. The van der Waals surface area contributed by atoms with Crippen molar-refractivity contribution in [2.24, 2.45) is 0 Å². The van der Waals surface area contributed by atoms with E-state index < -0.39 is 20.6 Å². The maximum atomic E-state index is 12.8. The van der Waals surface area contributed by atoms with Crippen LogP contribution in [0.5, 0.6) is 0 Å². The number of hydrogen-bond acceptors (Lipinski definition) is 6. The number of sulfonamides is 1. The van der Waals surface area contributed by atoms with Crippen molar-refractivity contribution < 1.29 is 13.3 Å². The maximum absolute atomic E-state index is 12.8. The lowest BCUT2D eigenvalue weighted by molar-refractivity contribution is -0.387. The molecule has 1 fully saturated rings. The average Bonchev–Trinajstić information content (AvgIpc) is 2.64. The lowest BCUT2D eigenvalue weighted by Gasteiger charge is -2.34. The standard InChI is InChI=1S/C16H18N4O5S/c21-14-5-7-17(8-6-14)13-18-9-11-19(12-10-18)26(24,25)16-4-2-1-3-15(16)20(22)23/h1-8H,9-13H2. The molecule has 0 spiro atoms. The van der Waals surface area contributed by atoms with E-state index in [9.17, 15) is 23.3 Å². The summed E-state index contributed by atoms with van der Waals surface area (Å²) in [7, 11) is -3.92. The van der Waals surface area contributed by atoms with Crippen LogP contribution < -0.4 is 5.43 Å². The Balaban J connectivity index is 1.70. The van der Waals surface area contributed by atoms with Crippen LogP contribution in [0.4, 0.5) is 5.69 Å². The third-order valence-electron chi connectivity index (χ3n) is 4.23. The molecule has 138 valence electrons. The third kappa shape index (κ3) is 3.82. The first-order chi connectivity index (χ1) is 12.4. The molecule has 26 heavy (non-hydrogen) atoms. The number of benzene rings is 1. The Hall–Kier alpha value is -2.56. The smallest absolute Gasteiger partial charge is 0.289 e. The molecule has 0 amide bonds. The van der Waals surface area contributed by atoms with Crippen LogP contribution in [0.25, 0.3) is 0 Å². The van der Waals surface area contributed by atoms with Gasteiger partial charge in [-0.25, -0.2) is 8.42 Å². The fraction of sp³-hybridized carbons (Fsp3) is 0.312. The van der Waals surface area contributed by atoms with Crippen molar-refractivity contribution in [1.29, 1.82) is 0 Å². The summed E-state index contributed by atoms with van der Waals surface area (Å²) in [5.41, 5.74) is -0.482. The number of nitrogens with zero attached hydrogens (tertiary/aromatic N) is 4. The van der Waals surface area contributed by atoms with Crippen molar-refractivity contribution in [3.8, 4) is 0 Å². The van der Waals surface area contributed by atoms with Gasteiger partial charge in [-0.2, -0.15) is 4.31 Å². The van der Waals surface area contributed by atoms with Crippen LogP contribution in [0.3, 0.4) is 0 Å². The summed E-state index contributed by atoms with van der Waals surface area (Å²) in [5, 5.41) is 11.1. The summed E-state index contributed by atoms with van der Waals surface area (Å²) < 4.78 is 28.7. The molecule has 1 aliphatic heterocycles. The summed E-state index contributed by atoms with van der Waals surface area (Å²) in [6, 6.07) is 8.32. The van der Waals surface area contributed by atoms with Crippen LogP contribution in [0.2, 0.25) is 0 Å². The molecule has 1 aromatic carbocycles. The first-order valence-corrected chi connectivity index (χ1v) is 9.44. The van der Waals surface area contributed by atoms with Crippen molar-refractivity contribution in [3.63, 3.8) is 0 Å². The van der Waals surface area contributed by atoms with E-state index in [1.807, 2.05) is 4.57 Å². The van der Waals surface area contributed by atoms with E-state index in [4.69, 9.17) is 0 Å². The maximum Gasteiger partial charge on any atom is 0.289 e. The highest BCUT2D eigenvalue weighted by Crippen LogP contribution is 2.26. The van der Waals surface area contributed by atoms with Crippen LogP contribution in [-0.2, 0) is 16.7 Å².